The molecule has 0 unspecified atom stereocenters. The lowest BCUT2D eigenvalue weighted by Gasteiger charge is -2.27. The molecule has 1 N–H and O–H groups in total. The summed E-state index contributed by atoms with van der Waals surface area (Å²) in [6, 6.07) is 1.38. The van der Waals surface area contributed by atoms with E-state index in [4.69, 9.17) is 4.74 Å². The van der Waals surface area contributed by atoms with Gasteiger partial charge in [0.2, 0.25) is 0 Å². The summed E-state index contributed by atoms with van der Waals surface area (Å²) in [4.78, 5) is 2.49. The van der Waals surface area contributed by atoms with Gasteiger partial charge in [0.25, 0.3) is 0 Å². The molecule has 0 aromatic carbocycles. The van der Waals surface area contributed by atoms with Crippen LogP contribution in [0.25, 0.3) is 0 Å². The van der Waals surface area contributed by atoms with E-state index in [0.29, 0.717) is 6.04 Å². The van der Waals surface area contributed by atoms with Gasteiger partial charge in [0.1, 0.15) is 0 Å². The molecular weight excluding hydrogens is 224 g/mol. The fraction of sp³-hybridized carbons (Fsp3) is 1.00. The molecular formula is C15H32N2O. The highest BCUT2D eigenvalue weighted by atomic mass is 16.5. The summed E-state index contributed by atoms with van der Waals surface area (Å²) in [6.45, 7) is 8.66. The van der Waals surface area contributed by atoms with Crippen molar-refractivity contribution in [3.63, 3.8) is 0 Å². The van der Waals surface area contributed by atoms with Crippen molar-refractivity contribution < 1.29 is 4.74 Å². The molecule has 1 saturated carbocycles. The summed E-state index contributed by atoms with van der Waals surface area (Å²) in [5, 5.41) is 3.74. The van der Waals surface area contributed by atoms with Crippen LogP contribution in [0.2, 0.25) is 0 Å². The quantitative estimate of drug-likeness (QED) is 0.676. The summed E-state index contributed by atoms with van der Waals surface area (Å²) in [7, 11) is 1.78. The van der Waals surface area contributed by atoms with Crippen LogP contribution in [0, 0.1) is 0 Å². The zero-order chi connectivity index (χ0) is 13.2. The van der Waals surface area contributed by atoms with Crippen molar-refractivity contribution in [3.8, 4) is 0 Å². The Morgan fingerprint density at radius 3 is 2.33 bits per heavy atom. The van der Waals surface area contributed by atoms with Crippen LogP contribution in [0.5, 0.6) is 0 Å². The van der Waals surface area contributed by atoms with Gasteiger partial charge in [-0.2, -0.15) is 0 Å². The molecule has 1 rings (SSSR count). The van der Waals surface area contributed by atoms with Crippen LogP contribution in [0.4, 0.5) is 0 Å². The fourth-order valence-corrected chi connectivity index (χ4v) is 2.73. The van der Waals surface area contributed by atoms with Crippen LogP contribution in [0.3, 0.4) is 0 Å². The molecule has 18 heavy (non-hydrogen) atoms. The highest BCUT2D eigenvalue weighted by molar-refractivity contribution is 4.72. The van der Waals surface area contributed by atoms with Gasteiger partial charge in [0, 0.05) is 38.8 Å². The maximum absolute atomic E-state index is 5.17. The summed E-state index contributed by atoms with van der Waals surface area (Å²) >= 11 is 0. The van der Waals surface area contributed by atoms with E-state index in [-0.39, 0.29) is 0 Å². The van der Waals surface area contributed by atoms with Crippen LogP contribution >= 0.6 is 0 Å². The third-order valence-electron chi connectivity index (χ3n) is 4.00. The maximum Gasteiger partial charge on any atom is 0.0589 e. The van der Waals surface area contributed by atoms with Gasteiger partial charge in [-0.3, -0.25) is 4.90 Å². The molecule has 0 heterocycles. The van der Waals surface area contributed by atoms with Gasteiger partial charge >= 0.3 is 0 Å². The van der Waals surface area contributed by atoms with Gasteiger partial charge in [0.05, 0.1) is 6.61 Å². The van der Waals surface area contributed by atoms with Gasteiger partial charge in [0.15, 0.2) is 0 Å². The number of rotatable bonds is 8. The molecule has 0 aliphatic heterocycles. The van der Waals surface area contributed by atoms with Gasteiger partial charge in [-0.25, -0.2) is 0 Å². The third-order valence-corrected chi connectivity index (χ3v) is 4.00. The summed E-state index contributed by atoms with van der Waals surface area (Å²) < 4.78 is 5.17. The smallest absolute Gasteiger partial charge is 0.0589 e. The Bertz CT molecular complexity index is 189. The topological polar surface area (TPSA) is 24.5 Å². The lowest BCUT2D eigenvalue weighted by molar-refractivity contribution is 0.129. The van der Waals surface area contributed by atoms with Crippen molar-refractivity contribution >= 4 is 0 Å². The zero-order valence-corrected chi connectivity index (χ0v) is 12.6. The van der Waals surface area contributed by atoms with Crippen molar-refractivity contribution in [1.82, 2.24) is 10.2 Å². The minimum Gasteiger partial charge on any atom is -0.383 e. The highest BCUT2D eigenvalue weighted by Gasteiger charge is 2.13. The normalized spacial score (nSPS) is 18.5. The summed E-state index contributed by atoms with van der Waals surface area (Å²) in [5.74, 6) is 0. The highest BCUT2D eigenvalue weighted by Crippen LogP contribution is 2.16. The van der Waals surface area contributed by atoms with Crippen molar-refractivity contribution in [3.05, 3.63) is 0 Å². The number of ether oxygens (including phenoxy) is 1. The molecule has 0 amide bonds. The van der Waals surface area contributed by atoms with E-state index in [1.807, 2.05) is 0 Å². The Morgan fingerprint density at radius 2 is 1.78 bits per heavy atom. The molecule has 0 saturated heterocycles. The lowest BCUT2D eigenvalue weighted by Crippen LogP contribution is -2.41. The van der Waals surface area contributed by atoms with Crippen molar-refractivity contribution in [2.75, 3.05) is 33.4 Å². The molecule has 1 fully saturated rings. The summed E-state index contributed by atoms with van der Waals surface area (Å²) in [5.41, 5.74) is 0. The number of hydrogen-bond donors (Lipinski definition) is 1. The minimum atomic E-state index is 0.607. The first-order valence-electron chi connectivity index (χ1n) is 7.70. The standard InChI is InChI=1S/C15H32N2O/c1-14(2)17(12-13-18-3)11-10-16-15-8-6-4-5-7-9-15/h14-16H,4-13H2,1-3H3. The molecule has 108 valence electrons. The number of nitrogens with zero attached hydrogens (tertiary/aromatic N) is 1. The largest absolute Gasteiger partial charge is 0.383 e. The Hall–Kier alpha value is -0.120. The van der Waals surface area contributed by atoms with Crippen LogP contribution < -0.4 is 5.32 Å². The number of hydrogen-bond acceptors (Lipinski definition) is 3. The molecule has 3 heteroatoms. The van der Waals surface area contributed by atoms with E-state index in [1.165, 1.54) is 38.5 Å². The second-order valence-electron chi connectivity index (χ2n) is 5.77. The molecule has 0 radical (unpaired) electrons. The van der Waals surface area contributed by atoms with E-state index in [1.54, 1.807) is 7.11 Å². The second-order valence-corrected chi connectivity index (χ2v) is 5.77. The Labute approximate surface area is 113 Å². The average Bonchev–Trinajstić information content (AvgIpc) is 2.61. The number of nitrogens with one attached hydrogen (secondary N) is 1. The van der Waals surface area contributed by atoms with Crippen molar-refractivity contribution in [2.24, 2.45) is 0 Å². The molecule has 0 aromatic heterocycles. The minimum absolute atomic E-state index is 0.607. The van der Waals surface area contributed by atoms with Crippen LogP contribution in [-0.2, 0) is 4.74 Å². The predicted octanol–water partition coefficient (Wildman–Crippen LogP) is 2.66. The molecule has 0 bridgehead atoms. The monoisotopic (exact) mass is 256 g/mol. The van der Waals surface area contributed by atoms with Crippen molar-refractivity contribution in [2.45, 2.75) is 64.5 Å². The fourth-order valence-electron chi connectivity index (χ4n) is 2.73. The third kappa shape index (κ3) is 6.72. The molecule has 1 aliphatic carbocycles. The maximum atomic E-state index is 5.17. The van der Waals surface area contributed by atoms with Gasteiger partial charge < -0.3 is 10.1 Å². The summed E-state index contributed by atoms with van der Waals surface area (Å²) in [6.07, 6.45) is 8.44. The Morgan fingerprint density at radius 1 is 1.11 bits per heavy atom. The zero-order valence-electron chi connectivity index (χ0n) is 12.6. The molecule has 0 aromatic rings. The Kier molecular flexibility index (Phi) is 8.64. The first-order chi connectivity index (χ1) is 8.74. The van der Waals surface area contributed by atoms with E-state index < -0.39 is 0 Å². The molecule has 0 atom stereocenters. The van der Waals surface area contributed by atoms with E-state index in [2.05, 4.69) is 24.1 Å². The van der Waals surface area contributed by atoms with Gasteiger partial charge in [-0.1, -0.05) is 25.7 Å². The first kappa shape index (κ1) is 15.9. The second kappa shape index (κ2) is 9.76. The molecule has 3 nitrogen and oxygen atoms in total. The van der Waals surface area contributed by atoms with E-state index >= 15 is 0 Å². The SMILES string of the molecule is COCCN(CCNC1CCCCCC1)C(C)C. The van der Waals surface area contributed by atoms with Gasteiger partial charge in [-0.15, -0.1) is 0 Å². The Balaban J connectivity index is 2.16. The first-order valence-corrected chi connectivity index (χ1v) is 7.70. The van der Waals surface area contributed by atoms with Crippen LogP contribution in [0.1, 0.15) is 52.4 Å². The van der Waals surface area contributed by atoms with Crippen molar-refractivity contribution in [1.29, 1.82) is 0 Å². The lowest BCUT2D eigenvalue weighted by atomic mass is 10.1. The average molecular weight is 256 g/mol. The molecule has 1 aliphatic rings. The number of methoxy groups -OCH3 is 1. The van der Waals surface area contributed by atoms with E-state index in [0.717, 1.165) is 32.3 Å². The van der Waals surface area contributed by atoms with Gasteiger partial charge in [-0.05, 0) is 26.7 Å². The van der Waals surface area contributed by atoms with Crippen LogP contribution in [0.15, 0.2) is 0 Å². The predicted molar refractivity (Wildman–Crippen MR) is 78.1 cm³/mol. The van der Waals surface area contributed by atoms with Crippen LogP contribution in [-0.4, -0.2) is 50.3 Å². The van der Waals surface area contributed by atoms with E-state index in [9.17, 15) is 0 Å². The molecule has 0 spiro atoms.